The topological polar surface area (TPSA) is 26.0 Å². The summed E-state index contributed by atoms with van der Waals surface area (Å²) in [5, 5.41) is 0. The van der Waals surface area contributed by atoms with Crippen molar-refractivity contribution in [1.82, 2.24) is 0 Å². The largest absolute Gasteiger partial charge is 0.325 e. The molecule has 0 spiro atoms. The van der Waals surface area contributed by atoms with Crippen LogP contribution in [0.2, 0.25) is 0 Å². The number of nitrogens with two attached hydrogens (primary N) is 1. The molecule has 0 radical (unpaired) electrons. The van der Waals surface area contributed by atoms with E-state index in [0.29, 0.717) is 12.3 Å². The Morgan fingerprint density at radius 1 is 1.22 bits per heavy atom. The van der Waals surface area contributed by atoms with Crippen molar-refractivity contribution in [3.05, 3.63) is 64.8 Å². The molecule has 0 fully saturated rings. The summed E-state index contributed by atoms with van der Waals surface area (Å²) in [6.07, 6.45) is 9.95. The molecule has 2 unspecified atom stereocenters. The van der Waals surface area contributed by atoms with Crippen molar-refractivity contribution >= 4 is 6.08 Å². The molecule has 0 saturated carbocycles. The Morgan fingerprint density at radius 3 is 2.43 bits per heavy atom. The summed E-state index contributed by atoms with van der Waals surface area (Å²) in [4.78, 5) is 0. The Morgan fingerprint density at radius 2 is 1.87 bits per heavy atom. The van der Waals surface area contributed by atoms with Crippen molar-refractivity contribution in [3.8, 4) is 0 Å². The Bertz CT molecular complexity index is 550. The van der Waals surface area contributed by atoms with Gasteiger partial charge in [-0.1, -0.05) is 61.1 Å². The van der Waals surface area contributed by atoms with Gasteiger partial charge in [-0.25, -0.2) is 0 Å². The molecule has 2 atom stereocenters. The summed E-state index contributed by atoms with van der Waals surface area (Å²) in [6, 6.07) is 8.50. The lowest BCUT2D eigenvalue weighted by Gasteiger charge is -2.10. The average molecular weight is 315 g/mol. The molecule has 1 aromatic rings. The quantitative estimate of drug-likeness (QED) is 0.620. The summed E-state index contributed by atoms with van der Waals surface area (Å²) in [7, 11) is 0. The van der Waals surface area contributed by atoms with E-state index >= 15 is 0 Å². The van der Waals surface area contributed by atoms with E-state index < -0.39 is 0 Å². The number of hydrogen-bond donors (Lipinski definition) is 1. The van der Waals surface area contributed by atoms with Gasteiger partial charge < -0.3 is 5.73 Å². The van der Waals surface area contributed by atoms with E-state index in [-0.39, 0.29) is 12.7 Å². The summed E-state index contributed by atoms with van der Waals surface area (Å²) in [5.41, 5.74) is 10.6. The maximum atomic E-state index is 12.4. The van der Waals surface area contributed by atoms with Crippen molar-refractivity contribution in [3.63, 3.8) is 0 Å². The third kappa shape index (κ3) is 7.94. The van der Waals surface area contributed by atoms with Crippen LogP contribution in [0.5, 0.6) is 0 Å². The first kappa shape index (κ1) is 19.4. The predicted molar refractivity (Wildman–Crippen MR) is 100 cm³/mol. The molecule has 0 amide bonds. The van der Waals surface area contributed by atoms with E-state index in [1.807, 2.05) is 13.0 Å². The highest BCUT2D eigenvalue weighted by Gasteiger charge is 2.03. The van der Waals surface area contributed by atoms with Gasteiger partial charge in [-0.05, 0) is 56.2 Å². The summed E-state index contributed by atoms with van der Waals surface area (Å²) in [5.74, 6) is 0.347. The minimum absolute atomic E-state index is 0.0201. The zero-order chi connectivity index (χ0) is 17.2. The van der Waals surface area contributed by atoms with Crippen LogP contribution in [0.4, 0.5) is 4.39 Å². The molecular weight excluding hydrogens is 285 g/mol. The van der Waals surface area contributed by atoms with Gasteiger partial charge in [-0.3, -0.25) is 4.39 Å². The smallest absolute Gasteiger partial charge is 0.0894 e. The molecule has 0 bridgehead atoms. The van der Waals surface area contributed by atoms with Gasteiger partial charge in [0.15, 0.2) is 0 Å². The van der Waals surface area contributed by atoms with Crippen LogP contribution >= 0.6 is 0 Å². The third-order valence-electron chi connectivity index (χ3n) is 3.75. The number of aryl methyl sites for hydroxylation is 1. The van der Waals surface area contributed by atoms with Gasteiger partial charge >= 0.3 is 0 Å². The Hall–Kier alpha value is -1.67. The Labute approximate surface area is 140 Å². The molecule has 23 heavy (non-hydrogen) atoms. The van der Waals surface area contributed by atoms with Crippen LogP contribution < -0.4 is 5.73 Å². The molecule has 0 aliphatic carbocycles. The summed E-state index contributed by atoms with van der Waals surface area (Å²) < 4.78 is 12.4. The fourth-order valence-corrected chi connectivity index (χ4v) is 2.36. The number of alkyl halides is 1. The molecule has 1 nitrogen and oxygen atoms in total. The van der Waals surface area contributed by atoms with Crippen LogP contribution in [-0.2, 0) is 0 Å². The molecule has 126 valence electrons. The fourth-order valence-electron chi connectivity index (χ4n) is 2.36. The highest BCUT2D eigenvalue weighted by molar-refractivity contribution is 5.60. The standard InChI is InChI=1S/C21H30FN/c1-16-7-10-20(11-8-16)15-18(3)21(12-9-19(4)23)14-17(2)6-5-13-22/h7-12,14-15,17,19H,5-6,13,23H2,1-4H3/b12-9-,18-15+,21-14+. The minimum atomic E-state index is -0.249. The molecule has 0 aliphatic heterocycles. The van der Waals surface area contributed by atoms with Gasteiger partial charge in [-0.15, -0.1) is 0 Å². The van der Waals surface area contributed by atoms with Gasteiger partial charge in [0, 0.05) is 6.04 Å². The Balaban J connectivity index is 3.01. The van der Waals surface area contributed by atoms with Crippen molar-refractivity contribution in [1.29, 1.82) is 0 Å². The summed E-state index contributed by atoms with van der Waals surface area (Å²) in [6.45, 7) is 8.04. The lowest BCUT2D eigenvalue weighted by atomic mass is 9.96. The second-order valence-electron chi connectivity index (χ2n) is 6.39. The normalized spacial score (nSPS) is 15.9. The molecule has 0 aliphatic rings. The van der Waals surface area contributed by atoms with Crippen molar-refractivity contribution in [2.45, 2.75) is 46.6 Å². The van der Waals surface area contributed by atoms with E-state index in [1.165, 1.54) is 16.7 Å². The molecule has 0 aromatic heterocycles. The zero-order valence-corrected chi connectivity index (χ0v) is 14.9. The fraction of sp³-hybridized carbons (Fsp3) is 0.429. The first-order chi connectivity index (χ1) is 10.9. The number of rotatable bonds is 8. The van der Waals surface area contributed by atoms with Crippen LogP contribution in [0.25, 0.3) is 6.08 Å². The van der Waals surface area contributed by atoms with E-state index in [9.17, 15) is 4.39 Å². The predicted octanol–water partition coefficient (Wildman–Crippen LogP) is 5.61. The molecule has 2 heteroatoms. The van der Waals surface area contributed by atoms with E-state index in [0.717, 1.165) is 12.0 Å². The average Bonchev–Trinajstić information content (AvgIpc) is 2.51. The SMILES string of the molecule is CC(=C\c1ccc(C)cc1)/C(/C=C\C(C)N)=C/C(C)CCCF. The van der Waals surface area contributed by atoms with Crippen LogP contribution in [0.1, 0.15) is 44.7 Å². The van der Waals surface area contributed by atoms with Gasteiger partial charge in [0.05, 0.1) is 6.67 Å². The molecule has 0 saturated heterocycles. The van der Waals surface area contributed by atoms with Gasteiger partial charge in [0.1, 0.15) is 0 Å². The third-order valence-corrected chi connectivity index (χ3v) is 3.75. The number of allylic oxidation sites excluding steroid dienone is 4. The molecule has 2 N–H and O–H groups in total. The minimum Gasteiger partial charge on any atom is -0.325 e. The van der Waals surface area contributed by atoms with Crippen LogP contribution in [0.15, 0.2) is 53.6 Å². The molecule has 0 heterocycles. The van der Waals surface area contributed by atoms with E-state index in [4.69, 9.17) is 5.73 Å². The van der Waals surface area contributed by atoms with Gasteiger partial charge in [0.2, 0.25) is 0 Å². The van der Waals surface area contributed by atoms with Crippen LogP contribution in [-0.4, -0.2) is 12.7 Å². The molecule has 1 aromatic carbocycles. The number of halogens is 1. The van der Waals surface area contributed by atoms with Crippen molar-refractivity contribution < 1.29 is 4.39 Å². The van der Waals surface area contributed by atoms with E-state index in [1.54, 1.807) is 0 Å². The second-order valence-corrected chi connectivity index (χ2v) is 6.39. The number of hydrogen-bond acceptors (Lipinski definition) is 1. The lowest BCUT2D eigenvalue weighted by Crippen LogP contribution is -2.10. The first-order valence-electron chi connectivity index (χ1n) is 8.39. The van der Waals surface area contributed by atoms with Gasteiger partial charge in [0.25, 0.3) is 0 Å². The Kier molecular flexibility index (Phi) is 8.57. The highest BCUT2D eigenvalue weighted by Crippen LogP contribution is 2.20. The molecule has 1 rings (SSSR count). The second kappa shape index (κ2) is 10.2. The zero-order valence-electron chi connectivity index (χ0n) is 14.9. The van der Waals surface area contributed by atoms with Crippen molar-refractivity contribution in [2.75, 3.05) is 6.67 Å². The van der Waals surface area contributed by atoms with E-state index in [2.05, 4.69) is 63.3 Å². The van der Waals surface area contributed by atoms with Gasteiger partial charge in [-0.2, -0.15) is 0 Å². The monoisotopic (exact) mass is 315 g/mol. The highest BCUT2D eigenvalue weighted by atomic mass is 19.1. The first-order valence-corrected chi connectivity index (χ1v) is 8.39. The number of benzene rings is 1. The van der Waals surface area contributed by atoms with Crippen LogP contribution in [0, 0.1) is 12.8 Å². The summed E-state index contributed by atoms with van der Waals surface area (Å²) >= 11 is 0. The molecular formula is C21H30FN. The maximum Gasteiger partial charge on any atom is 0.0894 e. The van der Waals surface area contributed by atoms with Crippen molar-refractivity contribution in [2.24, 2.45) is 11.7 Å². The lowest BCUT2D eigenvalue weighted by molar-refractivity contribution is 0.441. The maximum absolute atomic E-state index is 12.4. The van der Waals surface area contributed by atoms with Crippen LogP contribution in [0.3, 0.4) is 0 Å².